The number of nitrogens with zero attached hydrogens (tertiary/aromatic N) is 3. The summed E-state index contributed by atoms with van der Waals surface area (Å²) in [6, 6.07) is 65.0. The van der Waals surface area contributed by atoms with Crippen molar-refractivity contribution in [3.05, 3.63) is 187 Å². The fourth-order valence-corrected chi connectivity index (χ4v) is 14.9. The summed E-state index contributed by atoms with van der Waals surface area (Å²) in [6.45, 7) is 4.64. The van der Waals surface area contributed by atoms with Crippen LogP contribution in [0.15, 0.2) is 176 Å². The number of unbranched alkanes of at least 4 members (excludes halogenated alkanes) is 2. The van der Waals surface area contributed by atoms with Crippen molar-refractivity contribution in [3.8, 4) is 17.2 Å². The summed E-state index contributed by atoms with van der Waals surface area (Å²) in [4.78, 5) is 5.26. The summed E-state index contributed by atoms with van der Waals surface area (Å²) >= 11 is 0. The fraction of sp³-hybridized carbons (Fsp3) is 0.173. The first kappa shape index (κ1) is 35.3. The molecule has 0 radical (unpaired) electrons. The fourth-order valence-electron chi connectivity index (χ4n) is 9.97. The van der Waals surface area contributed by atoms with Gasteiger partial charge in [-0.05, 0) is 76.1 Å². The first-order chi connectivity index (χ1) is 28.2. The van der Waals surface area contributed by atoms with E-state index in [0.29, 0.717) is 0 Å². The number of hydrogen-bond donors (Lipinski definition) is 0. The van der Waals surface area contributed by atoms with Crippen molar-refractivity contribution in [3.63, 3.8) is 0 Å². The van der Waals surface area contributed by atoms with Gasteiger partial charge in [0.15, 0.2) is 8.07 Å². The van der Waals surface area contributed by atoms with Gasteiger partial charge in [0.25, 0.3) is 0 Å². The molecule has 4 nitrogen and oxygen atoms in total. The van der Waals surface area contributed by atoms with E-state index in [1.165, 1.54) is 31.9 Å². The lowest BCUT2D eigenvalue weighted by molar-refractivity contribution is 0.345. The molecule has 0 bridgehead atoms. The monoisotopic (exact) mass is 757 g/mol. The van der Waals surface area contributed by atoms with Gasteiger partial charge < -0.3 is 4.74 Å². The Bertz CT molecular complexity index is 2830. The SMILES string of the molecule is CCCCC1(CCCC)c2ccccc2Oc2c1cccc2[Si](c1ccccc1)(c1ccccc1)c1cccc(-n2c3ccccc3n3c4ccccc4nc23)c1. The van der Waals surface area contributed by atoms with E-state index in [2.05, 4.69) is 199 Å². The third-order valence-electron chi connectivity index (χ3n) is 12.5. The lowest BCUT2D eigenvalue weighted by atomic mass is 9.66. The number of hydrogen-bond acceptors (Lipinski definition) is 2. The lowest BCUT2D eigenvalue weighted by Gasteiger charge is -2.44. The van der Waals surface area contributed by atoms with Crippen LogP contribution in [-0.4, -0.2) is 22.0 Å². The zero-order valence-electron chi connectivity index (χ0n) is 32.7. The Morgan fingerprint density at radius 2 is 1.12 bits per heavy atom. The second kappa shape index (κ2) is 14.4. The zero-order chi connectivity index (χ0) is 38.4. The zero-order valence-corrected chi connectivity index (χ0v) is 33.7. The average Bonchev–Trinajstić information content (AvgIpc) is 3.81. The predicted molar refractivity (Wildman–Crippen MR) is 239 cm³/mol. The first-order valence-electron chi connectivity index (χ1n) is 20.7. The van der Waals surface area contributed by atoms with Gasteiger partial charge in [-0.3, -0.25) is 8.97 Å². The molecular weight excluding hydrogens is 711 g/mol. The highest BCUT2D eigenvalue weighted by Gasteiger charge is 2.48. The highest BCUT2D eigenvalue weighted by Crippen LogP contribution is 2.53. The molecule has 3 heterocycles. The first-order valence-corrected chi connectivity index (χ1v) is 22.7. The standard InChI is InChI=1S/C52H47N3OSi/c1-3-5-35-52(36-6-4-2)42-27-13-18-33-48(42)56-50-43(52)28-20-34-49(50)57(39-22-9-7-10-23-39,40-24-11-8-12-25-40)41-26-19-21-38(37-41)54-46-31-16-17-32-47(46)55-45-30-15-14-29-44(45)53-51(54)55/h7-34,37H,3-6,35-36H2,1-2H3. The Hall–Kier alpha value is -6.17. The summed E-state index contributed by atoms with van der Waals surface area (Å²) in [5, 5.41) is 5.24. The van der Waals surface area contributed by atoms with E-state index >= 15 is 0 Å². The average molecular weight is 758 g/mol. The molecule has 0 fully saturated rings. The Morgan fingerprint density at radius 3 is 1.84 bits per heavy atom. The second-order valence-corrected chi connectivity index (χ2v) is 19.4. The number of benzene rings is 7. The van der Waals surface area contributed by atoms with E-state index in [0.717, 1.165) is 83.6 Å². The maximum atomic E-state index is 7.36. The third-order valence-corrected chi connectivity index (χ3v) is 17.3. The smallest absolute Gasteiger partial charge is 0.220 e. The van der Waals surface area contributed by atoms with E-state index in [9.17, 15) is 0 Å². The Labute approximate surface area is 336 Å². The van der Waals surface area contributed by atoms with Crippen LogP contribution in [0, 0.1) is 0 Å². The van der Waals surface area contributed by atoms with Crippen LogP contribution in [0.25, 0.3) is 33.5 Å². The number of rotatable bonds is 11. The topological polar surface area (TPSA) is 31.5 Å². The van der Waals surface area contributed by atoms with Gasteiger partial charge in [0.05, 0.1) is 22.1 Å². The molecule has 0 N–H and O–H groups in total. The lowest BCUT2D eigenvalue weighted by Crippen LogP contribution is -2.75. The molecule has 57 heavy (non-hydrogen) atoms. The van der Waals surface area contributed by atoms with Gasteiger partial charge in [0, 0.05) is 22.2 Å². The van der Waals surface area contributed by atoms with Gasteiger partial charge in [0.2, 0.25) is 5.78 Å². The Balaban J connectivity index is 1.30. The summed E-state index contributed by atoms with van der Waals surface area (Å²) in [7, 11) is -3.10. The molecule has 7 aromatic carbocycles. The molecule has 0 atom stereocenters. The van der Waals surface area contributed by atoms with Crippen LogP contribution in [0.1, 0.15) is 63.5 Å². The van der Waals surface area contributed by atoms with Crippen LogP contribution in [0.5, 0.6) is 11.5 Å². The van der Waals surface area contributed by atoms with E-state index in [4.69, 9.17) is 9.72 Å². The van der Waals surface area contributed by atoms with Gasteiger partial charge in [-0.2, -0.15) is 0 Å². The Kier molecular flexibility index (Phi) is 8.91. The third kappa shape index (κ3) is 5.43. The number of para-hydroxylation sites is 6. The summed E-state index contributed by atoms with van der Waals surface area (Å²) < 4.78 is 12.0. The van der Waals surface area contributed by atoms with Crippen molar-refractivity contribution < 1.29 is 4.74 Å². The van der Waals surface area contributed by atoms with Crippen molar-refractivity contribution >= 4 is 56.7 Å². The predicted octanol–water partition coefficient (Wildman–Crippen LogP) is 10.6. The molecule has 10 rings (SSSR count). The second-order valence-electron chi connectivity index (χ2n) is 15.7. The number of aromatic nitrogens is 3. The van der Waals surface area contributed by atoms with Crippen LogP contribution in [0.4, 0.5) is 0 Å². The molecule has 1 aliphatic rings. The molecule has 0 spiro atoms. The summed E-state index contributed by atoms with van der Waals surface area (Å²) in [6.07, 6.45) is 6.81. The van der Waals surface area contributed by atoms with Gasteiger partial charge in [0.1, 0.15) is 11.5 Å². The van der Waals surface area contributed by atoms with Gasteiger partial charge in [-0.1, -0.05) is 173 Å². The Morgan fingerprint density at radius 1 is 0.544 bits per heavy atom. The minimum Gasteiger partial charge on any atom is -0.457 e. The molecule has 2 aromatic heterocycles. The number of ether oxygens (including phenoxy) is 1. The van der Waals surface area contributed by atoms with E-state index in [1.807, 2.05) is 0 Å². The molecule has 5 heteroatoms. The van der Waals surface area contributed by atoms with Crippen molar-refractivity contribution in [2.24, 2.45) is 0 Å². The molecule has 1 aliphatic heterocycles. The maximum Gasteiger partial charge on any atom is 0.220 e. The van der Waals surface area contributed by atoms with E-state index in [1.54, 1.807) is 0 Å². The molecule has 280 valence electrons. The number of fused-ring (bicyclic) bond motifs is 7. The molecule has 0 saturated carbocycles. The van der Waals surface area contributed by atoms with Gasteiger partial charge >= 0.3 is 0 Å². The van der Waals surface area contributed by atoms with Crippen LogP contribution < -0.4 is 25.5 Å². The van der Waals surface area contributed by atoms with Gasteiger partial charge in [-0.15, -0.1) is 0 Å². The van der Waals surface area contributed by atoms with E-state index in [-0.39, 0.29) is 5.41 Å². The largest absolute Gasteiger partial charge is 0.457 e. The minimum atomic E-state index is -3.10. The molecule has 9 aromatic rings. The van der Waals surface area contributed by atoms with Crippen LogP contribution in [0.3, 0.4) is 0 Å². The van der Waals surface area contributed by atoms with Crippen molar-refractivity contribution in [1.29, 1.82) is 0 Å². The highest BCUT2D eigenvalue weighted by molar-refractivity contribution is 7.20. The van der Waals surface area contributed by atoms with Crippen LogP contribution in [0.2, 0.25) is 0 Å². The minimum absolute atomic E-state index is 0.139. The van der Waals surface area contributed by atoms with Crippen LogP contribution in [-0.2, 0) is 5.41 Å². The van der Waals surface area contributed by atoms with Crippen molar-refractivity contribution in [2.45, 2.75) is 57.8 Å². The normalized spacial score (nSPS) is 13.4. The summed E-state index contributed by atoms with van der Waals surface area (Å²) in [5.41, 5.74) is 7.99. The van der Waals surface area contributed by atoms with E-state index < -0.39 is 8.07 Å². The maximum absolute atomic E-state index is 7.36. The van der Waals surface area contributed by atoms with Crippen LogP contribution >= 0.6 is 0 Å². The highest BCUT2D eigenvalue weighted by atomic mass is 28.3. The quantitative estimate of drug-likeness (QED) is 0.0972. The van der Waals surface area contributed by atoms with Gasteiger partial charge in [-0.25, -0.2) is 4.98 Å². The number of imidazole rings is 2. The molecule has 0 aliphatic carbocycles. The molecule has 0 saturated heterocycles. The molecule has 0 amide bonds. The molecule has 0 unspecified atom stereocenters. The van der Waals surface area contributed by atoms with Crippen molar-refractivity contribution in [2.75, 3.05) is 0 Å². The van der Waals surface area contributed by atoms with Crippen molar-refractivity contribution in [1.82, 2.24) is 14.0 Å². The summed E-state index contributed by atoms with van der Waals surface area (Å²) in [5.74, 6) is 2.95. The molecular formula is C52H47N3OSi.